The van der Waals surface area contributed by atoms with Crippen molar-refractivity contribution in [3.05, 3.63) is 0 Å². The number of halogens is 3. The molecule has 0 aliphatic carbocycles. The van der Waals surface area contributed by atoms with Gasteiger partial charge in [-0.2, -0.15) is 13.2 Å². The molecule has 0 amide bonds. The molecule has 0 N–H and O–H groups in total. The smallest absolute Gasteiger partial charge is 0.299 e. The molecule has 0 heterocycles. The monoisotopic (exact) mass is 230 g/mol. The van der Waals surface area contributed by atoms with Gasteiger partial charge in [-0.1, -0.05) is 6.92 Å². The molecule has 0 aromatic rings. The summed E-state index contributed by atoms with van der Waals surface area (Å²) >= 11 is 0. The first-order valence-corrected chi connectivity index (χ1v) is 3.42. The van der Waals surface area contributed by atoms with Crippen LogP contribution in [-0.4, -0.2) is 17.7 Å². The zero-order valence-electron chi connectivity index (χ0n) is 7.23. The van der Waals surface area contributed by atoms with Crippen molar-refractivity contribution in [1.29, 1.82) is 0 Å². The van der Waals surface area contributed by atoms with Gasteiger partial charge in [0.25, 0.3) is 0 Å². The predicted molar refractivity (Wildman–Crippen MR) is 35.5 cm³/mol. The van der Waals surface area contributed by atoms with E-state index in [0.29, 0.717) is 0 Å². The summed E-state index contributed by atoms with van der Waals surface area (Å²) in [5.74, 6) is -4.21. The van der Waals surface area contributed by atoms with Gasteiger partial charge in [-0.15, -0.1) is 0 Å². The third-order valence-electron chi connectivity index (χ3n) is 1.49. The summed E-state index contributed by atoms with van der Waals surface area (Å²) in [5.41, 5.74) is 0. The van der Waals surface area contributed by atoms with Crippen LogP contribution in [0, 0.1) is 5.92 Å². The van der Waals surface area contributed by atoms with Gasteiger partial charge in [0, 0.05) is 21.7 Å². The van der Waals surface area contributed by atoms with E-state index >= 15 is 0 Å². The fraction of sp³-hybridized carbons (Fsp3) is 0.714. The average molecular weight is 230 g/mol. The third kappa shape index (κ3) is 4.57. The maximum Gasteiger partial charge on any atom is 0.450 e. The molecule has 74 valence electrons. The fourth-order valence-electron chi connectivity index (χ4n) is 0.855. The van der Waals surface area contributed by atoms with Gasteiger partial charge in [-0.05, 0) is 13.3 Å². The van der Waals surface area contributed by atoms with Gasteiger partial charge >= 0.3 is 6.18 Å². The van der Waals surface area contributed by atoms with Crippen molar-refractivity contribution in [2.24, 2.45) is 5.92 Å². The molecule has 6 heteroatoms. The molecule has 0 aliphatic heterocycles. The van der Waals surface area contributed by atoms with Crippen LogP contribution in [-0.2, 0) is 31.3 Å². The average Bonchev–Trinajstić information content (AvgIpc) is 1.86. The van der Waals surface area contributed by atoms with Gasteiger partial charge < -0.3 is 0 Å². The number of hydrogen-bond donors (Lipinski definition) is 0. The molecule has 0 radical (unpaired) electrons. The van der Waals surface area contributed by atoms with Gasteiger partial charge in [0.05, 0.1) is 5.92 Å². The Morgan fingerprint density at radius 1 is 1.31 bits per heavy atom. The Labute approximate surface area is 88.8 Å². The SMILES string of the molecule is CCC(C(C)=O)C(=O)C(F)(F)F.[Ti]. The Bertz CT molecular complexity index is 200. The Morgan fingerprint density at radius 2 is 1.69 bits per heavy atom. The van der Waals surface area contributed by atoms with Crippen LogP contribution in [0.1, 0.15) is 20.3 Å². The number of hydrogen-bond acceptors (Lipinski definition) is 2. The molecule has 0 aromatic carbocycles. The van der Waals surface area contributed by atoms with Crippen molar-refractivity contribution in [1.82, 2.24) is 0 Å². The van der Waals surface area contributed by atoms with Gasteiger partial charge in [-0.25, -0.2) is 0 Å². The molecule has 0 spiro atoms. The molecule has 0 fully saturated rings. The van der Waals surface area contributed by atoms with Gasteiger partial charge in [0.1, 0.15) is 5.78 Å². The van der Waals surface area contributed by atoms with E-state index in [0.717, 1.165) is 6.92 Å². The van der Waals surface area contributed by atoms with E-state index in [4.69, 9.17) is 0 Å². The van der Waals surface area contributed by atoms with Crippen LogP contribution >= 0.6 is 0 Å². The van der Waals surface area contributed by atoms with E-state index in [1.54, 1.807) is 0 Å². The molecule has 0 bridgehead atoms. The molecule has 1 unspecified atom stereocenters. The molecular weight excluding hydrogens is 221 g/mol. The van der Waals surface area contributed by atoms with Crippen LogP contribution in [0.2, 0.25) is 0 Å². The maximum atomic E-state index is 11.7. The van der Waals surface area contributed by atoms with Crippen LogP contribution in [0.4, 0.5) is 13.2 Å². The summed E-state index contributed by atoms with van der Waals surface area (Å²) in [6.07, 6.45) is -5.00. The summed E-state index contributed by atoms with van der Waals surface area (Å²) in [6.45, 7) is 2.35. The Balaban J connectivity index is 0. The fourth-order valence-corrected chi connectivity index (χ4v) is 0.855. The second-order valence-corrected chi connectivity index (χ2v) is 2.43. The number of Topliss-reactive ketones (excluding diaryl/α,β-unsaturated/α-hetero) is 2. The number of alkyl halides is 3. The summed E-state index contributed by atoms with van der Waals surface area (Å²) in [7, 11) is 0. The van der Waals surface area contributed by atoms with Crippen LogP contribution < -0.4 is 0 Å². The Hall–Kier alpha value is -0.156. The van der Waals surface area contributed by atoms with Crippen molar-refractivity contribution in [2.75, 3.05) is 0 Å². The van der Waals surface area contributed by atoms with Gasteiger partial charge in [0.2, 0.25) is 5.78 Å². The quantitative estimate of drug-likeness (QED) is 0.546. The first-order chi connectivity index (χ1) is 5.30. The molecule has 0 aliphatic rings. The molecule has 0 saturated carbocycles. The van der Waals surface area contributed by atoms with Gasteiger partial charge in [0.15, 0.2) is 0 Å². The topological polar surface area (TPSA) is 34.1 Å². The zero-order valence-corrected chi connectivity index (χ0v) is 8.80. The molecule has 1 atom stereocenters. The minimum Gasteiger partial charge on any atom is -0.299 e. The van der Waals surface area contributed by atoms with E-state index < -0.39 is 23.7 Å². The van der Waals surface area contributed by atoms with Gasteiger partial charge in [-0.3, -0.25) is 9.59 Å². The minimum absolute atomic E-state index is 0. The second kappa shape index (κ2) is 5.55. The van der Waals surface area contributed by atoms with E-state index in [1.807, 2.05) is 0 Å². The largest absolute Gasteiger partial charge is 0.450 e. The second-order valence-electron chi connectivity index (χ2n) is 2.43. The Morgan fingerprint density at radius 3 is 1.77 bits per heavy atom. The zero-order chi connectivity index (χ0) is 9.94. The van der Waals surface area contributed by atoms with E-state index in [9.17, 15) is 22.8 Å². The number of carbonyl (C=O) groups is 2. The summed E-state index contributed by atoms with van der Waals surface area (Å²) < 4.78 is 35.2. The minimum atomic E-state index is -4.90. The number of carbonyl (C=O) groups excluding carboxylic acids is 2. The standard InChI is InChI=1S/C7H9F3O2.Ti/c1-3-5(4(2)11)6(12)7(8,9)10;/h5H,3H2,1-2H3;. The van der Waals surface area contributed by atoms with Crippen molar-refractivity contribution < 1.29 is 44.5 Å². The summed E-state index contributed by atoms with van der Waals surface area (Å²) in [6, 6.07) is 0. The van der Waals surface area contributed by atoms with Crippen molar-refractivity contribution in [2.45, 2.75) is 26.4 Å². The normalized spacial score (nSPS) is 13.0. The maximum absolute atomic E-state index is 11.7. The van der Waals surface area contributed by atoms with Crippen molar-refractivity contribution in [3.63, 3.8) is 0 Å². The first-order valence-electron chi connectivity index (χ1n) is 3.42. The molecule has 0 saturated heterocycles. The van der Waals surface area contributed by atoms with E-state index in [-0.39, 0.29) is 28.1 Å². The van der Waals surface area contributed by atoms with Crippen LogP contribution in [0.25, 0.3) is 0 Å². The van der Waals surface area contributed by atoms with E-state index in [1.165, 1.54) is 6.92 Å². The van der Waals surface area contributed by atoms with Crippen LogP contribution in [0.15, 0.2) is 0 Å². The third-order valence-corrected chi connectivity index (χ3v) is 1.49. The summed E-state index contributed by atoms with van der Waals surface area (Å²) in [4.78, 5) is 21.0. The molecule has 0 aromatic heterocycles. The Kier molecular flexibility index (Phi) is 6.54. The molecule has 2 nitrogen and oxygen atoms in total. The van der Waals surface area contributed by atoms with Crippen LogP contribution in [0.3, 0.4) is 0 Å². The first kappa shape index (κ1) is 15.3. The van der Waals surface area contributed by atoms with E-state index in [2.05, 4.69) is 0 Å². The predicted octanol–water partition coefficient (Wildman–Crippen LogP) is 1.73. The number of ketones is 2. The summed E-state index contributed by atoms with van der Waals surface area (Å²) in [5, 5.41) is 0. The molecular formula is C7H9F3O2Ti. The van der Waals surface area contributed by atoms with Crippen molar-refractivity contribution in [3.8, 4) is 0 Å². The molecule has 13 heavy (non-hydrogen) atoms. The molecule has 0 rings (SSSR count). The van der Waals surface area contributed by atoms with Crippen molar-refractivity contribution >= 4 is 11.6 Å². The number of rotatable bonds is 3. The van der Waals surface area contributed by atoms with Crippen LogP contribution in [0.5, 0.6) is 0 Å².